The standard InChI is InChI=1S/C12H14N4/c1-9-4-2-5-10(8-9)11-14-15-12-13-6-3-7-16(11)12/h2,4-5,8H,3,6-7H2,1H3,(H,13,15)/p+1. The van der Waals surface area contributed by atoms with Gasteiger partial charge in [-0.3, -0.25) is 5.32 Å². The normalized spacial score (nSPS) is 14.3. The Balaban J connectivity index is 2.09. The SMILES string of the molecule is Cc1cccc(-c2[nH]nc3[n+]2CCCN3)c1. The monoisotopic (exact) mass is 215 g/mol. The Kier molecular flexibility index (Phi) is 2.13. The molecule has 0 saturated carbocycles. The lowest BCUT2D eigenvalue weighted by Gasteiger charge is -2.10. The molecule has 0 amide bonds. The van der Waals surface area contributed by atoms with Crippen LogP contribution in [0.4, 0.5) is 5.95 Å². The summed E-state index contributed by atoms with van der Waals surface area (Å²) >= 11 is 0. The topological polar surface area (TPSA) is 44.6 Å². The maximum Gasteiger partial charge on any atom is 0.377 e. The summed E-state index contributed by atoms with van der Waals surface area (Å²) in [5, 5.41) is 10.7. The third kappa shape index (κ3) is 1.46. The van der Waals surface area contributed by atoms with Crippen molar-refractivity contribution in [2.45, 2.75) is 19.9 Å². The second kappa shape index (κ2) is 3.63. The first-order chi connectivity index (χ1) is 7.84. The van der Waals surface area contributed by atoms with Gasteiger partial charge in [0.05, 0.1) is 13.1 Å². The number of nitrogens with zero attached hydrogens (tertiary/aromatic N) is 2. The summed E-state index contributed by atoms with van der Waals surface area (Å²) in [6.07, 6.45) is 1.15. The second-order valence-corrected chi connectivity index (χ2v) is 4.20. The molecule has 16 heavy (non-hydrogen) atoms. The first-order valence-corrected chi connectivity index (χ1v) is 5.64. The van der Waals surface area contributed by atoms with Crippen LogP contribution in [0.3, 0.4) is 0 Å². The second-order valence-electron chi connectivity index (χ2n) is 4.20. The predicted molar refractivity (Wildman–Crippen MR) is 62.1 cm³/mol. The highest BCUT2D eigenvalue weighted by Gasteiger charge is 2.22. The van der Waals surface area contributed by atoms with Crippen molar-refractivity contribution < 1.29 is 4.57 Å². The fraction of sp³-hybridized carbons (Fsp3) is 0.333. The van der Waals surface area contributed by atoms with Crippen molar-refractivity contribution in [2.24, 2.45) is 0 Å². The van der Waals surface area contributed by atoms with Crippen molar-refractivity contribution in [3.8, 4) is 11.4 Å². The number of nitrogens with one attached hydrogen (secondary N) is 2. The zero-order valence-corrected chi connectivity index (χ0v) is 9.33. The van der Waals surface area contributed by atoms with Crippen LogP contribution in [-0.4, -0.2) is 16.7 Å². The molecule has 0 unspecified atom stereocenters. The lowest BCUT2D eigenvalue weighted by molar-refractivity contribution is -0.675. The van der Waals surface area contributed by atoms with E-state index in [1.807, 2.05) is 0 Å². The van der Waals surface area contributed by atoms with E-state index in [1.54, 1.807) is 0 Å². The molecule has 2 heterocycles. The van der Waals surface area contributed by atoms with E-state index < -0.39 is 0 Å². The highest BCUT2D eigenvalue weighted by Crippen LogP contribution is 2.17. The van der Waals surface area contributed by atoms with Crippen molar-refractivity contribution in [3.63, 3.8) is 0 Å². The van der Waals surface area contributed by atoms with Crippen LogP contribution >= 0.6 is 0 Å². The van der Waals surface area contributed by atoms with Gasteiger partial charge in [0.1, 0.15) is 0 Å². The average Bonchev–Trinajstić information content (AvgIpc) is 2.72. The molecule has 2 aromatic rings. The van der Waals surface area contributed by atoms with Crippen LogP contribution in [0, 0.1) is 6.92 Å². The van der Waals surface area contributed by atoms with Gasteiger partial charge in [0.25, 0.3) is 0 Å². The smallest absolute Gasteiger partial charge is 0.292 e. The highest BCUT2D eigenvalue weighted by atomic mass is 15.4. The van der Waals surface area contributed by atoms with Crippen LogP contribution in [-0.2, 0) is 6.54 Å². The van der Waals surface area contributed by atoms with Gasteiger partial charge in [-0.2, -0.15) is 5.10 Å². The minimum absolute atomic E-state index is 0.947. The van der Waals surface area contributed by atoms with E-state index in [0.29, 0.717) is 0 Å². The number of H-pyrrole nitrogens is 1. The van der Waals surface area contributed by atoms with Crippen LogP contribution in [0.25, 0.3) is 11.4 Å². The number of aromatic amines is 1. The van der Waals surface area contributed by atoms with Gasteiger partial charge < -0.3 is 0 Å². The summed E-state index contributed by atoms with van der Waals surface area (Å²) in [5.74, 6) is 2.04. The van der Waals surface area contributed by atoms with E-state index in [-0.39, 0.29) is 0 Å². The van der Waals surface area contributed by atoms with E-state index in [0.717, 1.165) is 31.3 Å². The third-order valence-electron chi connectivity index (χ3n) is 2.93. The van der Waals surface area contributed by atoms with Crippen molar-refractivity contribution >= 4 is 5.95 Å². The van der Waals surface area contributed by atoms with E-state index in [2.05, 4.69) is 51.3 Å². The number of hydrogen-bond acceptors (Lipinski definition) is 2. The van der Waals surface area contributed by atoms with Gasteiger partial charge in [0.15, 0.2) is 0 Å². The largest absolute Gasteiger partial charge is 0.377 e. The molecule has 1 aromatic heterocycles. The van der Waals surface area contributed by atoms with E-state index in [9.17, 15) is 0 Å². The molecule has 1 aromatic carbocycles. The van der Waals surface area contributed by atoms with Gasteiger partial charge in [0.2, 0.25) is 5.82 Å². The van der Waals surface area contributed by atoms with Gasteiger partial charge >= 0.3 is 5.95 Å². The number of aryl methyl sites for hydroxylation is 1. The van der Waals surface area contributed by atoms with Crippen molar-refractivity contribution in [3.05, 3.63) is 29.8 Å². The van der Waals surface area contributed by atoms with Gasteiger partial charge in [0, 0.05) is 17.1 Å². The Hall–Kier alpha value is -1.84. The molecule has 0 aliphatic carbocycles. The zero-order valence-electron chi connectivity index (χ0n) is 9.33. The van der Waals surface area contributed by atoms with Crippen LogP contribution in [0.1, 0.15) is 12.0 Å². The molecule has 1 aliphatic rings. The Morgan fingerprint density at radius 3 is 3.19 bits per heavy atom. The zero-order chi connectivity index (χ0) is 11.0. The molecular weight excluding hydrogens is 200 g/mol. The van der Waals surface area contributed by atoms with E-state index in [1.165, 1.54) is 11.1 Å². The minimum atomic E-state index is 0.947. The van der Waals surface area contributed by atoms with Gasteiger partial charge in [-0.25, -0.2) is 4.57 Å². The molecule has 0 spiro atoms. The fourth-order valence-corrected chi connectivity index (χ4v) is 2.14. The molecular formula is C12H15N4+. The van der Waals surface area contributed by atoms with Gasteiger partial charge in [-0.05, 0) is 19.1 Å². The number of hydrogen-bond donors (Lipinski definition) is 2. The molecule has 4 heteroatoms. The Morgan fingerprint density at radius 1 is 1.38 bits per heavy atom. The van der Waals surface area contributed by atoms with Crippen LogP contribution < -0.4 is 9.88 Å². The molecule has 0 radical (unpaired) electrons. The van der Waals surface area contributed by atoms with Crippen molar-refractivity contribution in [2.75, 3.05) is 11.9 Å². The number of benzene rings is 1. The molecule has 4 nitrogen and oxygen atoms in total. The number of aromatic nitrogens is 3. The van der Waals surface area contributed by atoms with Crippen LogP contribution in [0.15, 0.2) is 24.3 Å². The summed E-state index contributed by atoms with van der Waals surface area (Å²) < 4.78 is 2.21. The number of anilines is 1. The molecule has 0 saturated heterocycles. The lowest BCUT2D eigenvalue weighted by Crippen LogP contribution is -2.42. The molecule has 1 aliphatic heterocycles. The number of fused-ring (bicyclic) bond motifs is 1. The van der Waals surface area contributed by atoms with Crippen molar-refractivity contribution in [1.82, 2.24) is 10.2 Å². The molecule has 0 fully saturated rings. The lowest BCUT2D eigenvalue weighted by atomic mass is 10.1. The van der Waals surface area contributed by atoms with Crippen LogP contribution in [0.2, 0.25) is 0 Å². The molecule has 0 atom stereocenters. The molecule has 2 N–H and O–H groups in total. The van der Waals surface area contributed by atoms with Gasteiger partial charge in [-0.15, -0.1) is 0 Å². The van der Waals surface area contributed by atoms with Gasteiger partial charge in [-0.1, -0.05) is 17.7 Å². The summed E-state index contributed by atoms with van der Waals surface area (Å²) in [7, 11) is 0. The predicted octanol–water partition coefficient (Wildman–Crippen LogP) is 1.49. The average molecular weight is 215 g/mol. The summed E-state index contributed by atoms with van der Waals surface area (Å²) in [5.41, 5.74) is 2.47. The summed E-state index contributed by atoms with van der Waals surface area (Å²) in [4.78, 5) is 0. The first kappa shape index (κ1) is 9.39. The molecule has 3 rings (SSSR count). The quantitative estimate of drug-likeness (QED) is 0.708. The van der Waals surface area contributed by atoms with Crippen molar-refractivity contribution in [1.29, 1.82) is 0 Å². The molecule has 0 bridgehead atoms. The third-order valence-corrected chi connectivity index (χ3v) is 2.93. The maximum atomic E-state index is 4.29. The number of rotatable bonds is 1. The van der Waals surface area contributed by atoms with E-state index >= 15 is 0 Å². The minimum Gasteiger partial charge on any atom is -0.292 e. The van der Waals surface area contributed by atoms with E-state index in [4.69, 9.17) is 0 Å². The Morgan fingerprint density at radius 2 is 2.31 bits per heavy atom. The maximum absolute atomic E-state index is 4.29. The highest BCUT2D eigenvalue weighted by molar-refractivity contribution is 5.53. The summed E-state index contributed by atoms with van der Waals surface area (Å²) in [6, 6.07) is 8.47. The summed E-state index contributed by atoms with van der Waals surface area (Å²) in [6.45, 7) is 4.15. The Labute approximate surface area is 94.3 Å². The first-order valence-electron chi connectivity index (χ1n) is 5.64. The van der Waals surface area contributed by atoms with Crippen LogP contribution in [0.5, 0.6) is 0 Å². The molecule has 82 valence electrons. The Bertz CT molecular complexity index is 515. The fourth-order valence-electron chi connectivity index (χ4n) is 2.14.